The van der Waals surface area contributed by atoms with Crippen molar-refractivity contribution in [3.8, 4) is 0 Å². The molecular weight excluding hydrogens is 372 g/mol. The van der Waals surface area contributed by atoms with Crippen molar-refractivity contribution in [3.05, 3.63) is 0 Å². The number of carbonyl (C=O) groups is 2. The summed E-state index contributed by atoms with van der Waals surface area (Å²) in [7, 11) is 0. The molecule has 0 fully saturated rings. The molecule has 0 aromatic heterocycles. The fraction of sp³-hybridized carbons (Fsp3) is 0.923. The zero-order chi connectivity index (χ0) is 22.5. The molecule has 4 nitrogen and oxygen atoms in total. The highest BCUT2D eigenvalue weighted by Gasteiger charge is 2.22. The Bertz CT molecular complexity index is 412. The first-order valence-electron chi connectivity index (χ1n) is 13.1. The molecule has 0 aliphatic carbocycles. The van der Waals surface area contributed by atoms with Crippen LogP contribution >= 0.6 is 0 Å². The van der Waals surface area contributed by atoms with Gasteiger partial charge in [0, 0.05) is 24.9 Å². The van der Waals surface area contributed by atoms with Gasteiger partial charge in [0.25, 0.3) is 0 Å². The van der Waals surface area contributed by atoms with Crippen molar-refractivity contribution in [3.63, 3.8) is 0 Å². The Balaban J connectivity index is 3.80. The Hall–Kier alpha value is -1.06. The lowest BCUT2D eigenvalue weighted by Gasteiger charge is -2.19. The maximum absolute atomic E-state index is 12.5. The summed E-state index contributed by atoms with van der Waals surface area (Å²) in [4.78, 5) is 24.7. The Labute approximate surface area is 187 Å². The van der Waals surface area contributed by atoms with E-state index in [1.807, 2.05) is 13.8 Å². The highest BCUT2D eigenvalue weighted by atomic mass is 16.2. The number of unbranched alkanes of at least 4 members (excludes halogenated alkanes) is 12. The Kier molecular flexibility index (Phi) is 20.4. The third-order valence-electron chi connectivity index (χ3n) is 6.11. The van der Waals surface area contributed by atoms with Gasteiger partial charge in [-0.3, -0.25) is 9.59 Å². The van der Waals surface area contributed by atoms with Crippen LogP contribution in [-0.4, -0.2) is 24.9 Å². The van der Waals surface area contributed by atoms with Gasteiger partial charge in [0.05, 0.1) is 0 Å². The van der Waals surface area contributed by atoms with Gasteiger partial charge in [-0.25, -0.2) is 0 Å². The first kappa shape index (κ1) is 28.9. The van der Waals surface area contributed by atoms with Gasteiger partial charge in [0.15, 0.2) is 0 Å². The van der Waals surface area contributed by atoms with E-state index in [4.69, 9.17) is 0 Å². The van der Waals surface area contributed by atoms with Crippen LogP contribution < -0.4 is 10.6 Å². The first-order valence-corrected chi connectivity index (χ1v) is 13.1. The summed E-state index contributed by atoms with van der Waals surface area (Å²) < 4.78 is 0. The molecule has 0 aliphatic rings. The molecule has 0 heterocycles. The van der Waals surface area contributed by atoms with Gasteiger partial charge in [-0.05, 0) is 25.7 Å². The van der Waals surface area contributed by atoms with Gasteiger partial charge in [-0.2, -0.15) is 0 Å². The van der Waals surface area contributed by atoms with E-state index in [9.17, 15) is 9.59 Å². The Morgan fingerprint density at radius 2 is 1.00 bits per heavy atom. The molecule has 0 spiro atoms. The highest BCUT2D eigenvalue weighted by molar-refractivity contribution is 5.81. The number of nitrogens with one attached hydrogen (secondary N) is 2. The van der Waals surface area contributed by atoms with Crippen molar-refractivity contribution in [2.24, 2.45) is 11.8 Å². The Morgan fingerprint density at radius 1 is 0.600 bits per heavy atom. The lowest BCUT2D eigenvalue weighted by atomic mass is 9.92. The lowest BCUT2D eigenvalue weighted by Crippen LogP contribution is -2.36. The molecule has 0 aliphatic heterocycles. The Morgan fingerprint density at radius 3 is 1.47 bits per heavy atom. The van der Waals surface area contributed by atoms with Crippen molar-refractivity contribution >= 4 is 11.8 Å². The minimum atomic E-state index is -0.107. The molecule has 0 rings (SSSR count). The van der Waals surface area contributed by atoms with E-state index in [0.29, 0.717) is 6.42 Å². The van der Waals surface area contributed by atoms with Crippen molar-refractivity contribution in [1.82, 2.24) is 10.6 Å². The van der Waals surface area contributed by atoms with Crippen LogP contribution in [0.25, 0.3) is 0 Å². The zero-order valence-electron chi connectivity index (χ0n) is 20.7. The largest absolute Gasteiger partial charge is 0.356 e. The monoisotopic (exact) mass is 424 g/mol. The van der Waals surface area contributed by atoms with Crippen molar-refractivity contribution < 1.29 is 9.59 Å². The predicted octanol–water partition coefficient (Wildman–Crippen LogP) is 6.77. The molecule has 2 unspecified atom stereocenters. The summed E-state index contributed by atoms with van der Waals surface area (Å²) in [5.74, 6) is 0.0432. The van der Waals surface area contributed by atoms with E-state index in [2.05, 4.69) is 24.5 Å². The van der Waals surface area contributed by atoms with E-state index in [1.165, 1.54) is 77.0 Å². The molecule has 0 radical (unpaired) electrons. The molecule has 0 saturated carbocycles. The highest BCUT2D eigenvalue weighted by Crippen LogP contribution is 2.16. The lowest BCUT2D eigenvalue weighted by molar-refractivity contribution is -0.128. The third-order valence-corrected chi connectivity index (χ3v) is 6.11. The van der Waals surface area contributed by atoms with E-state index in [0.717, 1.165) is 32.4 Å². The standard InChI is InChI=1S/C26H52N2O2/c1-5-8-10-12-13-14-15-16-17-19-21-28-26(30)24(7-3)22-23(4)25(29)27-20-18-11-9-6-2/h23-24H,5-22H2,1-4H3,(H,27,29)(H,28,30). The number of carbonyl (C=O) groups excluding carboxylic acids is 2. The molecule has 2 N–H and O–H groups in total. The van der Waals surface area contributed by atoms with Crippen LogP contribution in [0.15, 0.2) is 0 Å². The number of hydrogen-bond acceptors (Lipinski definition) is 2. The predicted molar refractivity (Wildman–Crippen MR) is 130 cm³/mol. The molecule has 0 saturated heterocycles. The van der Waals surface area contributed by atoms with Crippen LogP contribution in [0.4, 0.5) is 0 Å². The minimum Gasteiger partial charge on any atom is -0.356 e. The van der Waals surface area contributed by atoms with Crippen molar-refractivity contribution in [2.45, 2.75) is 130 Å². The van der Waals surface area contributed by atoms with E-state index < -0.39 is 0 Å². The van der Waals surface area contributed by atoms with Gasteiger partial charge in [0.2, 0.25) is 11.8 Å². The number of rotatable bonds is 21. The van der Waals surface area contributed by atoms with Crippen LogP contribution in [0.1, 0.15) is 130 Å². The van der Waals surface area contributed by atoms with Gasteiger partial charge >= 0.3 is 0 Å². The summed E-state index contributed by atoms with van der Waals surface area (Å²) in [6, 6.07) is 0. The molecular formula is C26H52N2O2. The average molecular weight is 425 g/mol. The van der Waals surface area contributed by atoms with Crippen molar-refractivity contribution in [2.75, 3.05) is 13.1 Å². The van der Waals surface area contributed by atoms with Gasteiger partial charge in [0.1, 0.15) is 0 Å². The first-order chi connectivity index (χ1) is 14.6. The van der Waals surface area contributed by atoms with Crippen LogP contribution in [0.5, 0.6) is 0 Å². The van der Waals surface area contributed by atoms with E-state index >= 15 is 0 Å². The number of amides is 2. The fourth-order valence-electron chi connectivity index (χ4n) is 3.90. The quantitative estimate of drug-likeness (QED) is 0.200. The summed E-state index contributed by atoms with van der Waals surface area (Å²) >= 11 is 0. The van der Waals surface area contributed by atoms with Gasteiger partial charge in [-0.1, -0.05) is 105 Å². The van der Waals surface area contributed by atoms with Crippen LogP contribution in [0.3, 0.4) is 0 Å². The SMILES string of the molecule is CCCCCCCCCCCCNC(=O)C(CC)CC(C)C(=O)NCCCCCC. The topological polar surface area (TPSA) is 58.2 Å². The fourth-order valence-corrected chi connectivity index (χ4v) is 3.90. The van der Waals surface area contributed by atoms with Crippen LogP contribution in [0, 0.1) is 11.8 Å². The minimum absolute atomic E-state index is 0.0611. The van der Waals surface area contributed by atoms with E-state index in [-0.39, 0.29) is 23.7 Å². The normalized spacial score (nSPS) is 13.1. The summed E-state index contributed by atoms with van der Waals surface area (Å²) in [5, 5.41) is 6.13. The molecule has 178 valence electrons. The second-order valence-electron chi connectivity index (χ2n) is 9.07. The molecule has 2 amide bonds. The third kappa shape index (κ3) is 16.7. The van der Waals surface area contributed by atoms with Gasteiger partial charge < -0.3 is 10.6 Å². The van der Waals surface area contributed by atoms with Crippen molar-refractivity contribution in [1.29, 1.82) is 0 Å². The average Bonchev–Trinajstić information content (AvgIpc) is 2.75. The molecule has 2 atom stereocenters. The molecule has 0 aromatic carbocycles. The molecule has 30 heavy (non-hydrogen) atoms. The maximum Gasteiger partial charge on any atom is 0.223 e. The smallest absolute Gasteiger partial charge is 0.223 e. The van der Waals surface area contributed by atoms with Crippen LogP contribution in [0.2, 0.25) is 0 Å². The molecule has 4 heteroatoms. The van der Waals surface area contributed by atoms with Gasteiger partial charge in [-0.15, -0.1) is 0 Å². The summed E-state index contributed by atoms with van der Waals surface area (Å²) in [6.45, 7) is 9.96. The second-order valence-corrected chi connectivity index (χ2v) is 9.07. The summed E-state index contributed by atoms with van der Waals surface area (Å²) in [5.41, 5.74) is 0. The maximum atomic E-state index is 12.5. The molecule has 0 bridgehead atoms. The molecule has 0 aromatic rings. The summed E-state index contributed by atoms with van der Waals surface area (Å²) in [6.07, 6.45) is 19.1. The van der Waals surface area contributed by atoms with E-state index in [1.54, 1.807) is 0 Å². The van der Waals surface area contributed by atoms with Crippen LogP contribution in [-0.2, 0) is 9.59 Å². The second kappa shape index (κ2) is 21.2. The number of hydrogen-bond donors (Lipinski definition) is 2. The zero-order valence-corrected chi connectivity index (χ0v) is 20.7.